The minimum Gasteiger partial charge on any atom is -0.364 e. The summed E-state index contributed by atoms with van der Waals surface area (Å²) in [4.78, 5) is 13.8. The maximum atomic E-state index is 13.5. The molecule has 2 heterocycles. The Labute approximate surface area is 117 Å². The molecule has 2 aliphatic heterocycles. The number of rotatable bonds is 0. The number of benzene rings is 1. The van der Waals surface area contributed by atoms with Crippen LogP contribution in [0.15, 0.2) is 12.1 Å². The van der Waals surface area contributed by atoms with Gasteiger partial charge in [0.1, 0.15) is 5.82 Å². The Hall–Kier alpha value is -1.14. The molecule has 2 aliphatic rings. The Balaban J connectivity index is 2.08. The second-order valence-corrected chi connectivity index (χ2v) is 6.72. The van der Waals surface area contributed by atoms with Crippen molar-refractivity contribution in [3.05, 3.63) is 23.0 Å². The Morgan fingerprint density at radius 3 is 3.05 bits per heavy atom. The molecule has 1 N–H and O–H groups in total. The first-order valence-electron chi connectivity index (χ1n) is 5.95. The Bertz CT molecular complexity index is 581. The van der Waals surface area contributed by atoms with Crippen molar-refractivity contribution in [1.82, 2.24) is 0 Å². The summed E-state index contributed by atoms with van der Waals surface area (Å²) in [5.41, 5.74) is 1.14. The summed E-state index contributed by atoms with van der Waals surface area (Å²) in [6, 6.07) is 2.65. The SMILES string of the molecule is O=C1CC2CS(=O)CCN2c2cc(Cl)c(F)cc2N1. The maximum Gasteiger partial charge on any atom is 0.226 e. The van der Waals surface area contributed by atoms with Crippen LogP contribution in [-0.2, 0) is 15.6 Å². The summed E-state index contributed by atoms with van der Waals surface area (Å²) in [5.74, 6) is 0.273. The first-order valence-corrected chi connectivity index (χ1v) is 7.81. The van der Waals surface area contributed by atoms with Crippen molar-refractivity contribution in [1.29, 1.82) is 0 Å². The average Bonchev–Trinajstić information content (AvgIpc) is 2.45. The highest BCUT2D eigenvalue weighted by Gasteiger charge is 2.33. The van der Waals surface area contributed by atoms with Crippen LogP contribution >= 0.6 is 11.6 Å². The van der Waals surface area contributed by atoms with Crippen molar-refractivity contribution in [2.75, 3.05) is 28.3 Å². The van der Waals surface area contributed by atoms with Gasteiger partial charge in [-0.05, 0) is 6.07 Å². The van der Waals surface area contributed by atoms with Gasteiger partial charge in [-0.1, -0.05) is 11.6 Å². The maximum absolute atomic E-state index is 13.5. The van der Waals surface area contributed by atoms with E-state index in [4.69, 9.17) is 11.6 Å². The molecule has 1 saturated heterocycles. The van der Waals surface area contributed by atoms with Gasteiger partial charge in [0.25, 0.3) is 0 Å². The van der Waals surface area contributed by atoms with Crippen molar-refractivity contribution in [3.63, 3.8) is 0 Å². The number of halogens is 2. The summed E-state index contributed by atoms with van der Waals surface area (Å²) in [6.45, 7) is 0.585. The van der Waals surface area contributed by atoms with Crippen molar-refractivity contribution < 1.29 is 13.4 Å². The Kier molecular flexibility index (Phi) is 3.22. The number of amides is 1. The summed E-state index contributed by atoms with van der Waals surface area (Å²) in [5, 5.41) is 2.71. The van der Waals surface area contributed by atoms with Gasteiger partial charge >= 0.3 is 0 Å². The molecule has 2 atom stereocenters. The van der Waals surface area contributed by atoms with E-state index in [-0.39, 0.29) is 23.4 Å². The summed E-state index contributed by atoms with van der Waals surface area (Å²) in [7, 11) is -0.896. The van der Waals surface area contributed by atoms with Crippen LogP contribution < -0.4 is 10.2 Å². The van der Waals surface area contributed by atoms with E-state index >= 15 is 0 Å². The molecule has 1 amide bonds. The highest BCUT2D eigenvalue weighted by Crippen LogP contribution is 2.36. The summed E-state index contributed by atoms with van der Waals surface area (Å²) in [6.07, 6.45) is 0.264. The molecule has 2 unspecified atom stereocenters. The molecule has 1 fully saturated rings. The van der Waals surface area contributed by atoms with E-state index in [0.29, 0.717) is 29.4 Å². The minimum absolute atomic E-state index is 0.0281. The summed E-state index contributed by atoms with van der Waals surface area (Å²) >= 11 is 5.82. The molecule has 1 aromatic carbocycles. The number of fused-ring (bicyclic) bond motifs is 3. The number of nitrogens with zero attached hydrogens (tertiary/aromatic N) is 1. The van der Waals surface area contributed by atoms with Gasteiger partial charge in [0.2, 0.25) is 5.91 Å². The third-order valence-corrected chi connectivity index (χ3v) is 5.11. The van der Waals surface area contributed by atoms with Gasteiger partial charge < -0.3 is 10.2 Å². The topological polar surface area (TPSA) is 49.4 Å². The monoisotopic (exact) mass is 302 g/mol. The Morgan fingerprint density at radius 1 is 1.47 bits per heavy atom. The molecule has 0 aromatic heterocycles. The second kappa shape index (κ2) is 4.76. The van der Waals surface area contributed by atoms with Gasteiger partial charge in [-0.3, -0.25) is 9.00 Å². The molecule has 7 heteroatoms. The van der Waals surface area contributed by atoms with E-state index in [0.717, 1.165) is 0 Å². The Morgan fingerprint density at radius 2 is 2.26 bits per heavy atom. The number of anilines is 2. The van der Waals surface area contributed by atoms with Crippen LogP contribution in [0.4, 0.5) is 15.8 Å². The molecule has 102 valence electrons. The largest absolute Gasteiger partial charge is 0.364 e. The van der Waals surface area contributed by atoms with Gasteiger partial charge in [-0.15, -0.1) is 0 Å². The number of nitrogens with one attached hydrogen (secondary N) is 1. The van der Waals surface area contributed by atoms with Gasteiger partial charge in [-0.25, -0.2) is 4.39 Å². The molecule has 0 aliphatic carbocycles. The lowest BCUT2D eigenvalue weighted by Crippen LogP contribution is -2.47. The van der Waals surface area contributed by atoms with Gasteiger partial charge in [0, 0.05) is 47.4 Å². The first kappa shape index (κ1) is 12.9. The van der Waals surface area contributed by atoms with E-state index in [2.05, 4.69) is 5.32 Å². The van der Waals surface area contributed by atoms with Crippen LogP contribution in [0.25, 0.3) is 0 Å². The van der Waals surface area contributed by atoms with Gasteiger partial charge in [0.15, 0.2) is 0 Å². The lowest BCUT2D eigenvalue weighted by atomic mass is 10.1. The zero-order valence-electron chi connectivity index (χ0n) is 9.99. The van der Waals surface area contributed by atoms with E-state index in [1.165, 1.54) is 12.1 Å². The third kappa shape index (κ3) is 2.34. The lowest BCUT2D eigenvalue weighted by molar-refractivity contribution is -0.116. The number of carbonyl (C=O) groups excluding carboxylic acids is 1. The van der Waals surface area contributed by atoms with Crippen LogP contribution in [-0.4, -0.2) is 34.2 Å². The fraction of sp³-hybridized carbons (Fsp3) is 0.417. The molecule has 4 nitrogen and oxygen atoms in total. The van der Waals surface area contributed by atoms with E-state index < -0.39 is 16.6 Å². The van der Waals surface area contributed by atoms with Crippen LogP contribution in [0.2, 0.25) is 5.02 Å². The minimum atomic E-state index is -0.896. The first-order chi connectivity index (χ1) is 9.04. The molecule has 0 spiro atoms. The fourth-order valence-corrected chi connectivity index (χ4v) is 4.00. The van der Waals surface area contributed by atoms with Crippen LogP contribution in [0, 0.1) is 5.82 Å². The number of hydrogen-bond acceptors (Lipinski definition) is 3. The van der Waals surface area contributed by atoms with E-state index in [9.17, 15) is 13.4 Å². The van der Waals surface area contributed by atoms with Crippen molar-refractivity contribution in [3.8, 4) is 0 Å². The molecule has 0 saturated carbocycles. The van der Waals surface area contributed by atoms with Crippen molar-refractivity contribution in [2.24, 2.45) is 0 Å². The predicted octanol–water partition coefficient (Wildman–Crippen LogP) is 1.76. The van der Waals surface area contributed by atoms with E-state index in [1.807, 2.05) is 4.90 Å². The lowest BCUT2D eigenvalue weighted by Gasteiger charge is -2.35. The molecule has 19 heavy (non-hydrogen) atoms. The van der Waals surface area contributed by atoms with Gasteiger partial charge in [-0.2, -0.15) is 0 Å². The van der Waals surface area contributed by atoms with Crippen molar-refractivity contribution in [2.45, 2.75) is 12.5 Å². The second-order valence-electron chi connectivity index (χ2n) is 4.69. The normalized spacial score (nSPS) is 26.2. The van der Waals surface area contributed by atoms with Crippen molar-refractivity contribution >= 4 is 39.7 Å². The van der Waals surface area contributed by atoms with Gasteiger partial charge in [0.05, 0.1) is 16.4 Å². The highest BCUT2D eigenvalue weighted by atomic mass is 35.5. The quantitative estimate of drug-likeness (QED) is 0.794. The highest BCUT2D eigenvalue weighted by molar-refractivity contribution is 7.85. The molecular formula is C12H12ClFN2O2S. The molecular weight excluding hydrogens is 291 g/mol. The predicted molar refractivity (Wildman–Crippen MR) is 73.7 cm³/mol. The number of carbonyl (C=O) groups is 1. The molecule has 3 rings (SSSR count). The standard InChI is InChI=1S/C12H12ClFN2O2S/c13-8-4-11-10(5-9(8)14)15-12(17)3-7-6-19(18)2-1-16(7)11/h4-5,7H,1-3,6H2,(H,15,17). The molecule has 1 aromatic rings. The summed E-state index contributed by atoms with van der Waals surface area (Å²) < 4.78 is 25.1. The fourth-order valence-electron chi connectivity index (χ4n) is 2.55. The number of hydrogen-bond donors (Lipinski definition) is 1. The van der Waals surface area contributed by atoms with Crippen LogP contribution in [0.1, 0.15) is 6.42 Å². The average molecular weight is 303 g/mol. The van der Waals surface area contributed by atoms with Crippen LogP contribution in [0.3, 0.4) is 0 Å². The smallest absolute Gasteiger partial charge is 0.226 e. The molecule has 0 bridgehead atoms. The zero-order chi connectivity index (χ0) is 13.6. The third-order valence-electron chi connectivity index (χ3n) is 3.42. The van der Waals surface area contributed by atoms with E-state index in [1.54, 1.807) is 0 Å². The zero-order valence-corrected chi connectivity index (χ0v) is 11.6. The molecule has 0 radical (unpaired) electrons. The van der Waals surface area contributed by atoms with Crippen LogP contribution in [0.5, 0.6) is 0 Å².